The molecule has 7 nitrogen and oxygen atoms in total. The molecule has 2 aromatic carbocycles. The zero-order chi connectivity index (χ0) is 22.7. The number of hydrogen-bond donors (Lipinski definition) is 2. The summed E-state index contributed by atoms with van der Waals surface area (Å²) >= 11 is 0. The quantitative estimate of drug-likeness (QED) is 0.777. The number of likely N-dealkylation sites (tertiary alicyclic amines) is 2. The summed E-state index contributed by atoms with van der Waals surface area (Å²) in [5.41, 5.74) is 4.06. The second-order valence-corrected chi connectivity index (χ2v) is 8.85. The Morgan fingerprint density at radius 2 is 1.75 bits per heavy atom. The molecule has 0 saturated carbocycles. The molecule has 0 aliphatic carbocycles. The van der Waals surface area contributed by atoms with E-state index in [1.165, 1.54) is 5.56 Å². The Morgan fingerprint density at radius 3 is 2.38 bits per heavy atom. The maximum absolute atomic E-state index is 13.1. The predicted octanol–water partition coefficient (Wildman–Crippen LogP) is 3.32. The number of nitrogens with zero attached hydrogens (tertiary/aromatic N) is 3. The van der Waals surface area contributed by atoms with Crippen LogP contribution in [0.5, 0.6) is 0 Å². The van der Waals surface area contributed by atoms with Gasteiger partial charge >= 0.3 is 6.03 Å². The number of nitriles is 1. The third kappa shape index (κ3) is 4.92. The van der Waals surface area contributed by atoms with Crippen molar-refractivity contribution in [3.05, 3.63) is 64.7 Å². The summed E-state index contributed by atoms with van der Waals surface area (Å²) in [5, 5.41) is 14.8. The van der Waals surface area contributed by atoms with Crippen molar-refractivity contribution in [2.45, 2.75) is 31.7 Å². The average molecular weight is 432 g/mol. The van der Waals surface area contributed by atoms with Gasteiger partial charge in [-0.2, -0.15) is 5.26 Å². The monoisotopic (exact) mass is 431 g/mol. The SMILES string of the molecule is Cc1ccc(C(=O)N2CCC(c3ccc(C#N)cc3)CC2)cc1NC(=O)NC1CN(C)C1. The molecule has 2 N–H and O–H groups in total. The van der Waals surface area contributed by atoms with Crippen molar-refractivity contribution in [2.24, 2.45) is 0 Å². The van der Waals surface area contributed by atoms with Crippen LogP contribution in [0.1, 0.15) is 45.8 Å². The molecular weight excluding hydrogens is 402 g/mol. The average Bonchev–Trinajstić information content (AvgIpc) is 2.79. The first-order chi connectivity index (χ1) is 15.4. The lowest BCUT2D eigenvalue weighted by atomic mass is 9.89. The van der Waals surface area contributed by atoms with Crippen LogP contribution < -0.4 is 10.6 Å². The van der Waals surface area contributed by atoms with E-state index in [9.17, 15) is 9.59 Å². The Bertz CT molecular complexity index is 1030. The van der Waals surface area contributed by atoms with Crippen molar-refractivity contribution in [2.75, 3.05) is 38.5 Å². The lowest BCUT2D eigenvalue weighted by molar-refractivity contribution is 0.0713. The van der Waals surface area contributed by atoms with Crippen LogP contribution in [0.4, 0.5) is 10.5 Å². The van der Waals surface area contributed by atoms with E-state index < -0.39 is 0 Å². The van der Waals surface area contributed by atoms with Gasteiger partial charge in [0.25, 0.3) is 5.91 Å². The van der Waals surface area contributed by atoms with Gasteiger partial charge in [-0.05, 0) is 68.1 Å². The van der Waals surface area contributed by atoms with Crippen LogP contribution in [0.3, 0.4) is 0 Å². The van der Waals surface area contributed by atoms with Crippen molar-refractivity contribution < 1.29 is 9.59 Å². The Hall–Kier alpha value is -3.37. The number of likely N-dealkylation sites (N-methyl/N-ethyl adjacent to an activating group) is 1. The number of piperidine rings is 1. The summed E-state index contributed by atoms with van der Waals surface area (Å²) in [4.78, 5) is 29.4. The fraction of sp³-hybridized carbons (Fsp3) is 0.400. The van der Waals surface area contributed by atoms with E-state index in [1.54, 1.807) is 6.07 Å². The Balaban J connectivity index is 1.35. The van der Waals surface area contributed by atoms with Crippen molar-refractivity contribution in [1.29, 1.82) is 5.26 Å². The third-order valence-corrected chi connectivity index (χ3v) is 6.43. The molecule has 0 unspecified atom stereocenters. The molecule has 2 fully saturated rings. The van der Waals surface area contributed by atoms with Gasteiger partial charge < -0.3 is 20.4 Å². The van der Waals surface area contributed by atoms with Crippen molar-refractivity contribution in [3.8, 4) is 6.07 Å². The number of aryl methyl sites for hydroxylation is 1. The van der Waals surface area contributed by atoms with Gasteiger partial charge in [0.05, 0.1) is 17.7 Å². The number of carbonyl (C=O) groups is 2. The van der Waals surface area contributed by atoms with Gasteiger partial charge in [0.15, 0.2) is 0 Å². The molecule has 2 aliphatic rings. The smallest absolute Gasteiger partial charge is 0.319 e. The van der Waals surface area contributed by atoms with Gasteiger partial charge in [0, 0.05) is 37.4 Å². The van der Waals surface area contributed by atoms with Gasteiger partial charge in [-0.3, -0.25) is 4.79 Å². The van der Waals surface area contributed by atoms with Crippen molar-refractivity contribution >= 4 is 17.6 Å². The first-order valence-corrected chi connectivity index (χ1v) is 11.1. The van der Waals surface area contributed by atoms with Gasteiger partial charge in [0.1, 0.15) is 0 Å². The Labute approximate surface area is 189 Å². The predicted molar refractivity (Wildman–Crippen MR) is 124 cm³/mol. The highest BCUT2D eigenvalue weighted by atomic mass is 16.2. The normalized spacial score (nSPS) is 17.3. The summed E-state index contributed by atoms with van der Waals surface area (Å²) in [6.45, 7) is 5.00. The summed E-state index contributed by atoms with van der Waals surface area (Å²) in [5.74, 6) is 0.392. The minimum absolute atomic E-state index is 0.00708. The first kappa shape index (κ1) is 21.8. The van der Waals surface area contributed by atoms with Crippen molar-refractivity contribution in [3.63, 3.8) is 0 Å². The number of nitrogens with one attached hydrogen (secondary N) is 2. The van der Waals surface area contributed by atoms with E-state index in [0.29, 0.717) is 35.8 Å². The topological polar surface area (TPSA) is 88.5 Å². The second-order valence-electron chi connectivity index (χ2n) is 8.85. The van der Waals surface area contributed by atoms with Crippen LogP contribution in [0.2, 0.25) is 0 Å². The van der Waals surface area contributed by atoms with Crippen LogP contribution in [0.25, 0.3) is 0 Å². The van der Waals surface area contributed by atoms with Crippen LogP contribution in [-0.4, -0.2) is 61.0 Å². The highest BCUT2D eigenvalue weighted by molar-refractivity contribution is 5.97. The molecular formula is C25H29N5O2. The molecule has 2 saturated heterocycles. The number of rotatable bonds is 4. The second kappa shape index (κ2) is 9.41. The van der Waals surface area contributed by atoms with Gasteiger partial charge in [0.2, 0.25) is 0 Å². The van der Waals surface area contributed by atoms with E-state index in [2.05, 4.69) is 21.6 Å². The van der Waals surface area contributed by atoms with E-state index in [4.69, 9.17) is 5.26 Å². The Morgan fingerprint density at radius 1 is 1.06 bits per heavy atom. The molecule has 4 rings (SSSR count). The standard InChI is InChI=1S/C25H29N5O2/c1-17-3-6-21(13-23(17)28-25(32)27-22-15-29(2)16-22)24(31)30-11-9-20(10-12-30)19-7-4-18(14-26)5-8-19/h3-8,13,20,22H,9-12,15-16H2,1-2H3,(H2,27,28,32). The van der Waals surface area contributed by atoms with Gasteiger partial charge in [-0.1, -0.05) is 18.2 Å². The molecule has 7 heteroatoms. The molecule has 0 aromatic heterocycles. The highest BCUT2D eigenvalue weighted by Gasteiger charge is 2.26. The van der Waals surface area contributed by atoms with Crippen molar-refractivity contribution in [1.82, 2.24) is 15.1 Å². The van der Waals surface area contributed by atoms with Crippen LogP contribution in [0, 0.1) is 18.3 Å². The molecule has 0 atom stereocenters. The number of carbonyl (C=O) groups excluding carboxylic acids is 2. The third-order valence-electron chi connectivity index (χ3n) is 6.43. The van der Waals surface area contributed by atoms with Gasteiger partial charge in [-0.25, -0.2) is 4.79 Å². The van der Waals surface area contributed by atoms with E-state index in [-0.39, 0.29) is 18.0 Å². The van der Waals surface area contributed by atoms with Crippen LogP contribution >= 0.6 is 0 Å². The van der Waals surface area contributed by atoms with E-state index in [1.807, 2.05) is 55.3 Å². The molecule has 166 valence electrons. The lowest BCUT2D eigenvalue weighted by Crippen LogP contribution is -2.58. The maximum Gasteiger partial charge on any atom is 0.319 e. The summed E-state index contributed by atoms with van der Waals surface area (Å²) in [6.07, 6.45) is 1.79. The number of urea groups is 1. The fourth-order valence-corrected chi connectivity index (χ4v) is 4.45. The van der Waals surface area contributed by atoms with Gasteiger partial charge in [-0.15, -0.1) is 0 Å². The zero-order valence-corrected chi connectivity index (χ0v) is 18.6. The van der Waals surface area contributed by atoms with Crippen LogP contribution in [-0.2, 0) is 0 Å². The molecule has 0 radical (unpaired) electrons. The number of anilines is 1. The number of hydrogen-bond acceptors (Lipinski definition) is 4. The van der Waals surface area contributed by atoms with Crippen LogP contribution in [0.15, 0.2) is 42.5 Å². The summed E-state index contributed by atoms with van der Waals surface area (Å²) in [6, 6.07) is 15.3. The molecule has 32 heavy (non-hydrogen) atoms. The Kier molecular flexibility index (Phi) is 6.42. The molecule has 2 heterocycles. The molecule has 0 bridgehead atoms. The largest absolute Gasteiger partial charge is 0.339 e. The lowest BCUT2D eigenvalue weighted by Gasteiger charge is -2.36. The molecule has 2 aliphatic heterocycles. The van der Waals surface area contributed by atoms with E-state index in [0.717, 1.165) is 31.5 Å². The first-order valence-electron chi connectivity index (χ1n) is 11.1. The molecule has 3 amide bonds. The number of amides is 3. The minimum atomic E-state index is -0.237. The molecule has 0 spiro atoms. The molecule has 2 aromatic rings. The fourth-order valence-electron chi connectivity index (χ4n) is 4.45. The minimum Gasteiger partial charge on any atom is -0.339 e. The zero-order valence-electron chi connectivity index (χ0n) is 18.6. The van der Waals surface area contributed by atoms with E-state index >= 15 is 0 Å². The highest BCUT2D eigenvalue weighted by Crippen LogP contribution is 2.29. The summed E-state index contributed by atoms with van der Waals surface area (Å²) < 4.78 is 0. The maximum atomic E-state index is 13.1. The number of benzene rings is 2. The summed E-state index contributed by atoms with van der Waals surface area (Å²) in [7, 11) is 2.02.